The van der Waals surface area contributed by atoms with Gasteiger partial charge in [0, 0.05) is 65.6 Å². The molecule has 2 aromatic rings. The number of nitrogens with zero attached hydrogens (tertiary/aromatic N) is 3. The van der Waals surface area contributed by atoms with E-state index in [1.54, 1.807) is 18.9 Å². The van der Waals surface area contributed by atoms with Gasteiger partial charge < -0.3 is 19.5 Å². The highest BCUT2D eigenvalue weighted by Crippen LogP contribution is 2.62. The van der Waals surface area contributed by atoms with Crippen LogP contribution < -0.4 is 10.1 Å². The van der Waals surface area contributed by atoms with Crippen molar-refractivity contribution in [3.63, 3.8) is 0 Å². The standard InChI is InChI=1S/C40H50N4O3/c1-4-39-13-6-16-41-30(21-25-11-19-42(37(25)39)17-7-14-39)29-23-33(45)36(46)34(29)32-24-40(5-2)15-8-18-43-20-12-27-28-22-26(47-3)9-10-31(28)44(32)35(27)38(40)43/h9-10,21-23,32,34,38,41H,4-8,11-20,24H2,1-3H3/b30-21-. The summed E-state index contributed by atoms with van der Waals surface area (Å²) < 4.78 is 8.28. The fourth-order valence-electron chi connectivity index (χ4n) is 11.7. The minimum Gasteiger partial charge on any atom is -0.497 e. The van der Waals surface area contributed by atoms with Crippen LogP contribution in [0, 0.1) is 16.7 Å². The van der Waals surface area contributed by atoms with Crippen LogP contribution in [0.15, 0.2) is 52.9 Å². The average molecular weight is 635 g/mol. The molecule has 2 fully saturated rings. The monoisotopic (exact) mass is 634 g/mol. The molecule has 248 valence electrons. The average Bonchev–Trinajstić information content (AvgIpc) is 3.77. The number of fused-ring (bicyclic) bond motifs is 3. The lowest BCUT2D eigenvalue weighted by molar-refractivity contribution is -0.136. The van der Waals surface area contributed by atoms with Crippen molar-refractivity contribution in [3.8, 4) is 5.75 Å². The number of allylic oxidation sites excluding steroid dienone is 4. The van der Waals surface area contributed by atoms with Crippen LogP contribution in [0.2, 0.25) is 0 Å². The second kappa shape index (κ2) is 10.8. The molecule has 6 aliphatic heterocycles. The van der Waals surface area contributed by atoms with Crippen molar-refractivity contribution < 1.29 is 14.3 Å². The van der Waals surface area contributed by atoms with E-state index in [0.29, 0.717) is 6.04 Å². The summed E-state index contributed by atoms with van der Waals surface area (Å²) in [6.45, 7) is 10.0. The topological polar surface area (TPSA) is 66.8 Å². The Morgan fingerprint density at radius 1 is 0.957 bits per heavy atom. The van der Waals surface area contributed by atoms with Crippen molar-refractivity contribution in [1.82, 2.24) is 19.7 Å². The molecule has 5 unspecified atom stereocenters. The van der Waals surface area contributed by atoms with Gasteiger partial charge >= 0.3 is 0 Å². The van der Waals surface area contributed by atoms with Crippen molar-refractivity contribution in [2.75, 3.05) is 39.8 Å². The summed E-state index contributed by atoms with van der Waals surface area (Å²) in [5, 5.41) is 5.09. The maximum Gasteiger partial charge on any atom is 0.222 e. The number of carbonyl (C=O) groups excluding carboxylic acids is 2. The van der Waals surface area contributed by atoms with E-state index < -0.39 is 5.92 Å². The molecule has 9 rings (SSSR count). The van der Waals surface area contributed by atoms with E-state index in [4.69, 9.17) is 4.74 Å². The molecule has 0 saturated carbocycles. The Hall–Kier alpha value is -3.32. The number of benzene rings is 1. The zero-order valence-electron chi connectivity index (χ0n) is 28.5. The second-order valence-corrected chi connectivity index (χ2v) is 15.6. The molecule has 0 radical (unpaired) electrons. The Balaban J connectivity index is 1.23. The molecule has 7 heteroatoms. The molecular formula is C40H50N4O3. The Kier molecular flexibility index (Phi) is 6.87. The first-order valence-corrected chi connectivity index (χ1v) is 18.6. The van der Waals surface area contributed by atoms with Crippen LogP contribution >= 0.6 is 0 Å². The SMILES string of the molecule is CCC12CCCN/C(C3=CC(=O)C(=O)C3C3CC4(CC)CCCN5CCc6c(n3c3ccc(OC)cc63)C54)=C\C3=C1N(CCC2)CC3. The van der Waals surface area contributed by atoms with Gasteiger partial charge in [-0.2, -0.15) is 0 Å². The van der Waals surface area contributed by atoms with Gasteiger partial charge in [-0.25, -0.2) is 0 Å². The van der Waals surface area contributed by atoms with E-state index in [2.05, 4.69) is 57.8 Å². The summed E-state index contributed by atoms with van der Waals surface area (Å²) in [5.74, 6) is -0.171. The number of carbonyl (C=O) groups is 2. The summed E-state index contributed by atoms with van der Waals surface area (Å²) in [4.78, 5) is 33.3. The molecule has 7 heterocycles. The Bertz CT molecular complexity index is 1780. The van der Waals surface area contributed by atoms with E-state index in [0.717, 1.165) is 81.8 Å². The molecule has 1 aromatic carbocycles. The first-order valence-electron chi connectivity index (χ1n) is 18.6. The van der Waals surface area contributed by atoms with Crippen LogP contribution in [0.5, 0.6) is 5.75 Å². The van der Waals surface area contributed by atoms with Crippen molar-refractivity contribution in [2.24, 2.45) is 16.7 Å². The predicted molar refractivity (Wildman–Crippen MR) is 184 cm³/mol. The molecule has 1 N–H and O–H groups in total. The van der Waals surface area contributed by atoms with E-state index in [-0.39, 0.29) is 28.4 Å². The molecule has 1 aromatic heterocycles. The molecule has 47 heavy (non-hydrogen) atoms. The number of hydrogen-bond donors (Lipinski definition) is 1. The van der Waals surface area contributed by atoms with Crippen LogP contribution in [0.1, 0.15) is 101 Å². The highest BCUT2D eigenvalue weighted by molar-refractivity contribution is 6.45. The second-order valence-electron chi connectivity index (χ2n) is 15.6. The van der Waals surface area contributed by atoms with Crippen LogP contribution in [0.4, 0.5) is 0 Å². The Labute approximate surface area is 279 Å². The number of ketones is 2. The maximum absolute atomic E-state index is 14.3. The molecule has 7 aliphatic rings. The summed E-state index contributed by atoms with van der Waals surface area (Å²) in [5.41, 5.74) is 9.28. The van der Waals surface area contributed by atoms with Crippen LogP contribution in [-0.2, 0) is 16.0 Å². The zero-order chi connectivity index (χ0) is 32.1. The van der Waals surface area contributed by atoms with E-state index in [9.17, 15) is 9.59 Å². The van der Waals surface area contributed by atoms with Crippen LogP contribution in [0.25, 0.3) is 10.9 Å². The highest BCUT2D eigenvalue weighted by atomic mass is 16.5. The van der Waals surface area contributed by atoms with Crippen molar-refractivity contribution >= 4 is 22.5 Å². The first kappa shape index (κ1) is 29.8. The number of methoxy groups -OCH3 is 1. The van der Waals surface area contributed by atoms with Gasteiger partial charge in [0.05, 0.1) is 19.1 Å². The van der Waals surface area contributed by atoms with Crippen molar-refractivity contribution in [2.45, 2.75) is 96.6 Å². The summed E-state index contributed by atoms with van der Waals surface area (Å²) in [6, 6.07) is 6.74. The highest BCUT2D eigenvalue weighted by Gasteiger charge is 2.56. The third kappa shape index (κ3) is 4.14. The summed E-state index contributed by atoms with van der Waals surface area (Å²) in [7, 11) is 1.74. The molecule has 7 nitrogen and oxygen atoms in total. The van der Waals surface area contributed by atoms with E-state index >= 15 is 0 Å². The van der Waals surface area contributed by atoms with Crippen LogP contribution in [0.3, 0.4) is 0 Å². The fraction of sp³-hybridized carbons (Fsp3) is 0.600. The molecule has 0 bridgehead atoms. The van der Waals surface area contributed by atoms with E-state index in [1.165, 1.54) is 66.3 Å². The van der Waals surface area contributed by atoms with Gasteiger partial charge in [-0.1, -0.05) is 13.8 Å². The number of ether oxygens (including phenoxy) is 1. The third-order valence-corrected chi connectivity index (χ3v) is 13.8. The van der Waals surface area contributed by atoms with Crippen molar-refractivity contribution in [3.05, 3.63) is 64.1 Å². The van der Waals surface area contributed by atoms with Gasteiger partial charge in [0.25, 0.3) is 0 Å². The first-order chi connectivity index (χ1) is 22.9. The Morgan fingerprint density at radius 3 is 2.64 bits per heavy atom. The van der Waals surface area contributed by atoms with Crippen LogP contribution in [-0.4, -0.2) is 65.8 Å². The van der Waals surface area contributed by atoms with E-state index in [1.807, 2.05) is 0 Å². The zero-order valence-corrected chi connectivity index (χ0v) is 28.5. The van der Waals surface area contributed by atoms with Gasteiger partial charge in [-0.05, 0) is 130 Å². The minimum absolute atomic E-state index is 0.0865. The predicted octanol–water partition coefficient (Wildman–Crippen LogP) is 6.80. The fourth-order valence-corrected chi connectivity index (χ4v) is 11.7. The maximum atomic E-state index is 14.3. The number of piperidine rings is 2. The summed E-state index contributed by atoms with van der Waals surface area (Å²) in [6.07, 6.45) is 16.5. The quantitative estimate of drug-likeness (QED) is 0.365. The normalized spacial score (nSPS) is 34.6. The molecule has 2 saturated heterocycles. The summed E-state index contributed by atoms with van der Waals surface area (Å²) >= 11 is 0. The number of hydrogen-bond acceptors (Lipinski definition) is 6. The van der Waals surface area contributed by atoms with Crippen molar-refractivity contribution in [1.29, 1.82) is 0 Å². The van der Waals surface area contributed by atoms with Gasteiger partial charge in [0.1, 0.15) is 5.75 Å². The Morgan fingerprint density at radius 2 is 1.81 bits per heavy atom. The lowest BCUT2D eigenvalue weighted by Gasteiger charge is -2.57. The number of Topliss-reactive ketones (excluding diaryl/α,β-unsaturated/α-hetero) is 1. The molecule has 5 atom stereocenters. The molecule has 0 spiro atoms. The lowest BCUT2D eigenvalue weighted by Crippen LogP contribution is -2.54. The number of rotatable bonds is 5. The number of aromatic nitrogens is 1. The van der Waals surface area contributed by atoms with Gasteiger partial charge in [-0.3, -0.25) is 14.5 Å². The van der Waals surface area contributed by atoms with Gasteiger partial charge in [0.2, 0.25) is 11.6 Å². The minimum atomic E-state index is -0.490. The molecule has 0 amide bonds. The van der Waals surface area contributed by atoms with Gasteiger partial charge in [-0.15, -0.1) is 0 Å². The third-order valence-electron chi connectivity index (χ3n) is 13.8. The lowest BCUT2D eigenvalue weighted by atomic mass is 9.61. The largest absolute Gasteiger partial charge is 0.497 e. The van der Waals surface area contributed by atoms with Gasteiger partial charge in [0.15, 0.2) is 0 Å². The number of nitrogens with one attached hydrogen (secondary N) is 1. The molecule has 1 aliphatic carbocycles. The smallest absolute Gasteiger partial charge is 0.222 e. The molecular weight excluding hydrogens is 584 g/mol.